The first kappa shape index (κ1) is 28.3. The molecule has 3 N–H and O–H groups in total. The van der Waals surface area contributed by atoms with Crippen LogP contribution in [0.3, 0.4) is 0 Å². The maximum atomic E-state index is 13.3. The summed E-state index contributed by atoms with van der Waals surface area (Å²) in [5, 5.41) is 1.80. The number of carbonyl (C=O) groups excluding carboxylic acids is 1. The van der Waals surface area contributed by atoms with Gasteiger partial charge in [0.2, 0.25) is 23.6 Å². The Labute approximate surface area is 219 Å². The van der Waals surface area contributed by atoms with E-state index in [2.05, 4.69) is 40.5 Å². The van der Waals surface area contributed by atoms with Gasteiger partial charge in [0.25, 0.3) is 10.0 Å². The molecule has 0 spiro atoms. The molecule has 1 aliphatic rings. The first-order chi connectivity index (χ1) is 17.6. The van der Waals surface area contributed by atoms with Crippen molar-refractivity contribution in [1.29, 1.82) is 0 Å². The zero-order chi connectivity index (χ0) is 27.2. The number of anilines is 1. The summed E-state index contributed by atoms with van der Waals surface area (Å²) in [7, 11) is -0.253. The van der Waals surface area contributed by atoms with Gasteiger partial charge < -0.3 is 19.5 Å². The Morgan fingerprint density at radius 2 is 1.65 bits per heavy atom. The molecule has 3 rings (SSSR count). The highest BCUT2D eigenvalue weighted by atomic mass is 35.5. The molecule has 16 heteroatoms. The van der Waals surface area contributed by atoms with Crippen LogP contribution in [0.1, 0.15) is 38.6 Å². The van der Waals surface area contributed by atoms with E-state index in [-0.39, 0.29) is 52.0 Å². The number of sulfonamides is 1. The second-order valence-electron chi connectivity index (χ2n) is 8.21. The molecule has 2 heterocycles. The number of halogens is 1. The third-order valence-corrected chi connectivity index (χ3v) is 7.54. The van der Waals surface area contributed by atoms with Crippen molar-refractivity contribution in [3.05, 3.63) is 29.6 Å². The standard InChI is InChI=1S/C21H29ClN8O6S/c1-11(13-6-7-13)18(31)28-29-21(27-15-19(35-4)25-10-26-20(15)36-5)30-37(32,33)12(2)16(34-3)17-23-8-14(22)9-24-17/h8-13,16H,6-7H2,1-5H3,(H,28,31)(H2,27,29,30)/t11?,12-,16-/m0/s1. The fourth-order valence-electron chi connectivity index (χ4n) is 3.35. The van der Waals surface area contributed by atoms with Crippen molar-refractivity contribution in [3.63, 3.8) is 0 Å². The van der Waals surface area contributed by atoms with E-state index in [0.717, 1.165) is 12.8 Å². The van der Waals surface area contributed by atoms with Crippen LogP contribution in [0.4, 0.5) is 5.69 Å². The monoisotopic (exact) mass is 556 g/mol. The van der Waals surface area contributed by atoms with Crippen LogP contribution in [-0.4, -0.2) is 66.8 Å². The smallest absolute Gasteiger partial charge is 0.262 e. The number of amides is 1. The molecule has 1 fully saturated rings. The first-order valence-corrected chi connectivity index (χ1v) is 13.1. The van der Waals surface area contributed by atoms with Gasteiger partial charge in [0.1, 0.15) is 17.7 Å². The summed E-state index contributed by atoms with van der Waals surface area (Å²) < 4.78 is 46.4. The van der Waals surface area contributed by atoms with Crippen LogP contribution in [0.5, 0.6) is 11.8 Å². The molecular weight excluding hydrogens is 528 g/mol. The fraction of sp³-hybridized carbons (Fsp3) is 0.524. The molecule has 3 atom stereocenters. The quantitative estimate of drug-likeness (QED) is 0.218. The summed E-state index contributed by atoms with van der Waals surface area (Å²) in [6.07, 6.45) is 4.72. The van der Waals surface area contributed by atoms with Crippen molar-refractivity contribution in [1.82, 2.24) is 30.8 Å². The molecule has 0 saturated heterocycles. The zero-order valence-corrected chi connectivity index (χ0v) is 22.5. The molecule has 0 aromatic carbocycles. The Kier molecular flexibility index (Phi) is 9.39. The maximum Gasteiger partial charge on any atom is 0.262 e. The van der Waals surface area contributed by atoms with Gasteiger partial charge in [-0.25, -0.2) is 18.4 Å². The topological polar surface area (TPSA) is 179 Å². The Bertz CT molecular complexity index is 1200. The van der Waals surface area contributed by atoms with Crippen LogP contribution >= 0.6 is 11.6 Å². The number of rotatable bonds is 10. The zero-order valence-electron chi connectivity index (χ0n) is 20.9. The Balaban J connectivity index is 1.94. The Morgan fingerprint density at radius 3 is 2.16 bits per heavy atom. The second-order valence-corrected chi connectivity index (χ2v) is 10.6. The Hall–Kier alpha value is -3.30. The summed E-state index contributed by atoms with van der Waals surface area (Å²) in [6.45, 7) is 3.19. The third-order valence-electron chi connectivity index (χ3n) is 5.72. The molecule has 1 unspecified atom stereocenters. The third kappa shape index (κ3) is 7.14. The minimum absolute atomic E-state index is 0.0498. The molecule has 1 aliphatic carbocycles. The van der Waals surface area contributed by atoms with Gasteiger partial charge in [-0.05, 0) is 25.7 Å². The lowest BCUT2D eigenvalue weighted by molar-refractivity contribution is -0.125. The number of methoxy groups -OCH3 is 3. The van der Waals surface area contributed by atoms with Crippen LogP contribution in [0.15, 0.2) is 23.1 Å². The van der Waals surface area contributed by atoms with Crippen LogP contribution in [0, 0.1) is 11.8 Å². The highest BCUT2D eigenvalue weighted by Crippen LogP contribution is 2.36. The number of hydrazine groups is 1. The van der Waals surface area contributed by atoms with Gasteiger partial charge in [-0.3, -0.25) is 15.6 Å². The molecule has 37 heavy (non-hydrogen) atoms. The molecule has 0 aliphatic heterocycles. The molecule has 1 amide bonds. The van der Waals surface area contributed by atoms with E-state index < -0.39 is 21.4 Å². The average molecular weight is 557 g/mol. The highest BCUT2D eigenvalue weighted by Gasteiger charge is 2.35. The van der Waals surface area contributed by atoms with E-state index >= 15 is 0 Å². The van der Waals surface area contributed by atoms with Crippen molar-refractivity contribution in [3.8, 4) is 11.8 Å². The number of carbonyl (C=O) groups is 1. The van der Waals surface area contributed by atoms with E-state index in [1.807, 2.05) is 0 Å². The van der Waals surface area contributed by atoms with E-state index in [9.17, 15) is 13.2 Å². The minimum atomic E-state index is -4.31. The maximum absolute atomic E-state index is 13.3. The van der Waals surface area contributed by atoms with Gasteiger partial charge in [-0.15, -0.1) is 4.40 Å². The van der Waals surface area contributed by atoms with E-state index in [4.69, 9.17) is 25.8 Å². The van der Waals surface area contributed by atoms with Gasteiger partial charge in [0, 0.05) is 25.4 Å². The number of guanidine groups is 1. The predicted molar refractivity (Wildman–Crippen MR) is 135 cm³/mol. The lowest BCUT2D eigenvalue weighted by Gasteiger charge is -2.21. The van der Waals surface area contributed by atoms with Crippen molar-refractivity contribution in [2.24, 2.45) is 16.2 Å². The molecule has 0 bridgehead atoms. The SMILES string of the molecule is COc1ncnc(OC)c1NC(=NS(=O)(=O)[C@@H](C)[C@H](OC)c1ncc(Cl)cn1)NNC(=O)C(C)C1CC1. The summed E-state index contributed by atoms with van der Waals surface area (Å²) in [5.74, 6) is -0.470. The summed E-state index contributed by atoms with van der Waals surface area (Å²) in [4.78, 5) is 28.7. The second kappa shape index (κ2) is 12.3. The van der Waals surface area contributed by atoms with Gasteiger partial charge in [-0.1, -0.05) is 18.5 Å². The minimum Gasteiger partial charge on any atom is -0.479 e. The van der Waals surface area contributed by atoms with Crippen LogP contribution < -0.4 is 25.6 Å². The number of nitrogens with zero attached hydrogens (tertiary/aromatic N) is 5. The van der Waals surface area contributed by atoms with E-state index in [0.29, 0.717) is 0 Å². The van der Waals surface area contributed by atoms with Crippen molar-refractivity contribution >= 4 is 39.2 Å². The fourth-order valence-corrected chi connectivity index (χ4v) is 4.51. The number of hydrogen-bond acceptors (Lipinski definition) is 10. The largest absolute Gasteiger partial charge is 0.479 e. The van der Waals surface area contributed by atoms with Gasteiger partial charge in [0.15, 0.2) is 11.5 Å². The highest BCUT2D eigenvalue weighted by molar-refractivity contribution is 7.90. The molecule has 1 saturated carbocycles. The summed E-state index contributed by atoms with van der Waals surface area (Å²) in [5.41, 5.74) is 5.13. The lowest BCUT2D eigenvalue weighted by Crippen LogP contribution is -2.48. The molecule has 2 aromatic heterocycles. The molecule has 202 valence electrons. The summed E-state index contributed by atoms with van der Waals surface area (Å²) in [6, 6.07) is 0. The number of nitrogens with one attached hydrogen (secondary N) is 3. The predicted octanol–water partition coefficient (Wildman–Crippen LogP) is 1.48. The van der Waals surface area contributed by atoms with Crippen LogP contribution in [-0.2, 0) is 19.6 Å². The van der Waals surface area contributed by atoms with Crippen LogP contribution in [0.25, 0.3) is 0 Å². The Morgan fingerprint density at radius 1 is 1.05 bits per heavy atom. The van der Waals surface area contributed by atoms with Gasteiger partial charge in [0.05, 0.1) is 19.2 Å². The first-order valence-electron chi connectivity index (χ1n) is 11.2. The number of ether oxygens (including phenoxy) is 3. The average Bonchev–Trinajstić information content (AvgIpc) is 3.73. The van der Waals surface area contributed by atoms with Crippen LogP contribution in [0.2, 0.25) is 5.02 Å². The number of aromatic nitrogens is 4. The van der Waals surface area contributed by atoms with E-state index in [1.54, 1.807) is 6.92 Å². The molecular formula is C21H29ClN8O6S. The molecule has 14 nitrogen and oxygen atoms in total. The summed E-state index contributed by atoms with van der Waals surface area (Å²) >= 11 is 5.84. The lowest BCUT2D eigenvalue weighted by atomic mass is 10.1. The normalized spacial score (nSPS) is 16.3. The van der Waals surface area contributed by atoms with Gasteiger partial charge in [-0.2, -0.15) is 9.97 Å². The van der Waals surface area contributed by atoms with Crippen molar-refractivity contribution in [2.45, 2.75) is 38.0 Å². The molecule has 2 aromatic rings. The number of hydrogen-bond donors (Lipinski definition) is 3. The van der Waals surface area contributed by atoms with Crippen molar-refractivity contribution in [2.75, 3.05) is 26.6 Å². The van der Waals surface area contributed by atoms with E-state index in [1.165, 1.54) is 47.0 Å². The van der Waals surface area contributed by atoms with Gasteiger partial charge >= 0.3 is 0 Å². The van der Waals surface area contributed by atoms with Crippen molar-refractivity contribution < 1.29 is 27.4 Å². The molecule has 0 radical (unpaired) electrons.